The molecule has 1 N–H and O–H groups in total. The van der Waals surface area contributed by atoms with Gasteiger partial charge in [0.05, 0.1) is 6.10 Å². The maximum Gasteiger partial charge on any atom is 0.0898 e. The first-order valence-corrected chi connectivity index (χ1v) is 6.53. The van der Waals surface area contributed by atoms with Gasteiger partial charge in [-0.25, -0.2) is 0 Å². The highest BCUT2D eigenvalue weighted by Gasteiger charge is 2.08. The lowest BCUT2D eigenvalue weighted by Gasteiger charge is -2.10. The molecular formula is C14H15NOS. The number of aryl methyl sites for hydroxylation is 1. The molecule has 0 aliphatic heterocycles. The van der Waals surface area contributed by atoms with Gasteiger partial charge < -0.3 is 5.11 Å². The number of nitrogens with zero attached hydrogens (tertiary/aromatic N) is 1. The minimum atomic E-state index is -0.465. The molecule has 1 atom stereocenters. The van der Waals surface area contributed by atoms with Crippen LogP contribution >= 0.6 is 11.8 Å². The zero-order chi connectivity index (χ0) is 12.1. The lowest BCUT2D eigenvalue weighted by atomic mass is 10.2. The van der Waals surface area contributed by atoms with E-state index in [1.54, 1.807) is 18.0 Å². The fraction of sp³-hybridized carbons (Fsp3) is 0.214. The predicted molar refractivity (Wildman–Crippen MR) is 71.1 cm³/mol. The quantitative estimate of drug-likeness (QED) is 0.840. The number of pyridine rings is 1. The molecule has 2 nitrogen and oxygen atoms in total. The van der Waals surface area contributed by atoms with Crippen LogP contribution in [0.1, 0.15) is 17.4 Å². The summed E-state index contributed by atoms with van der Waals surface area (Å²) in [6.07, 6.45) is 1.28. The van der Waals surface area contributed by atoms with E-state index >= 15 is 0 Å². The van der Waals surface area contributed by atoms with Gasteiger partial charge in [-0.1, -0.05) is 24.3 Å². The number of aromatic nitrogens is 1. The van der Waals surface area contributed by atoms with Crippen molar-refractivity contribution in [1.82, 2.24) is 4.98 Å². The molecule has 2 aromatic rings. The van der Waals surface area contributed by atoms with Crippen molar-refractivity contribution in [2.45, 2.75) is 17.9 Å². The van der Waals surface area contributed by atoms with E-state index in [9.17, 15) is 5.11 Å². The number of aliphatic hydroxyl groups excluding tert-OH is 1. The summed E-state index contributed by atoms with van der Waals surface area (Å²) in [5.74, 6) is 0.648. The topological polar surface area (TPSA) is 33.1 Å². The van der Waals surface area contributed by atoms with Crippen molar-refractivity contribution in [3.05, 3.63) is 59.9 Å². The van der Waals surface area contributed by atoms with E-state index < -0.39 is 6.10 Å². The molecule has 1 unspecified atom stereocenters. The van der Waals surface area contributed by atoms with Crippen molar-refractivity contribution in [3.63, 3.8) is 0 Å². The zero-order valence-corrected chi connectivity index (χ0v) is 10.5. The van der Waals surface area contributed by atoms with Gasteiger partial charge in [0, 0.05) is 22.5 Å². The second kappa shape index (κ2) is 5.84. The van der Waals surface area contributed by atoms with Gasteiger partial charge in [-0.05, 0) is 30.7 Å². The molecule has 17 heavy (non-hydrogen) atoms. The largest absolute Gasteiger partial charge is 0.387 e. The minimum absolute atomic E-state index is 0.465. The maximum atomic E-state index is 10.0. The van der Waals surface area contributed by atoms with E-state index in [-0.39, 0.29) is 0 Å². The number of thioether (sulfide) groups is 1. The van der Waals surface area contributed by atoms with Gasteiger partial charge in [0.2, 0.25) is 0 Å². The molecule has 1 aromatic carbocycles. The first-order chi connectivity index (χ1) is 8.25. The van der Waals surface area contributed by atoms with E-state index in [4.69, 9.17) is 0 Å². The Kier molecular flexibility index (Phi) is 4.18. The standard InChI is InChI=1S/C14H15NOS/c1-11-7-8-12(9-15-11)14(16)10-17-13-5-3-2-4-6-13/h2-9,14,16H,10H2,1H3. The lowest BCUT2D eigenvalue weighted by Crippen LogP contribution is -2.01. The van der Waals surface area contributed by atoms with Gasteiger partial charge in [0.25, 0.3) is 0 Å². The number of aliphatic hydroxyl groups is 1. The summed E-state index contributed by atoms with van der Waals surface area (Å²) in [6.45, 7) is 1.94. The zero-order valence-electron chi connectivity index (χ0n) is 9.71. The summed E-state index contributed by atoms with van der Waals surface area (Å²) in [5, 5.41) is 10.0. The Morgan fingerprint density at radius 3 is 2.59 bits per heavy atom. The van der Waals surface area contributed by atoms with Crippen LogP contribution in [-0.4, -0.2) is 15.8 Å². The summed E-state index contributed by atoms with van der Waals surface area (Å²) in [4.78, 5) is 5.36. The molecule has 0 saturated carbocycles. The SMILES string of the molecule is Cc1ccc(C(O)CSc2ccccc2)cn1. The third kappa shape index (κ3) is 3.58. The van der Waals surface area contributed by atoms with Gasteiger partial charge in [-0.15, -0.1) is 11.8 Å². The Balaban J connectivity index is 1.93. The Labute approximate surface area is 106 Å². The minimum Gasteiger partial charge on any atom is -0.387 e. The Bertz CT molecular complexity index is 455. The first-order valence-electron chi connectivity index (χ1n) is 5.54. The van der Waals surface area contributed by atoms with Crippen LogP contribution in [0, 0.1) is 6.92 Å². The van der Waals surface area contributed by atoms with Gasteiger partial charge >= 0.3 is 0 Å². The van der Waals surface area contributed by atoms with Crippen LogP contribution in [0.25, 0.3) is 0 Å². The predicted octanol–water partition coefficient (Wildman–Crippen LogP) is 3.22. The first kappa shape index (κ1) is 12.1. The molecule has 0 aliphatic carbocycles. The molecule has 0 amide bonds. The molecule has 0 fully saturated rings. The summed E-state index contributed by atoms with van der Waals surface area (Å²) in [7, 11) is 0. The third-order valence-electron chi connectivity index (χ3n) is 2.47. The average molecular weight is 245 g/mol. The summed E-state index contributed by atoms with van der Waals surface area (Å²) >= 11 is 1.65. The van der Waals surface area contributed by atoms with Crippen LogP contribution in [0.5, 0.6) is 0 Å². The van der Waals surface area contributed by atoms with E-state index in [0.717, 1.165) is 11.3 Å². The summed E-state index contributed by atoms with van der Waals surface area (Å²) in [5.41, 5.74) is 1.84. The second-order valence-electron chi connectivity index (χ2n) is 3.87. The van der Waals surface area contributed by atoms with Crippen LogP contribution in [0.2, 0.25) is 0 Å². The van der Waals surface area contributed by atoms with Crippen molar-refractivity contribution in [2.24, 2.45) is 0 Å². The average Bonchev–Trinajstić information content (AvgIpc) is 2.38. The highest BCUT2D eigenvalue weighted by molar-refractivity contribution is 7.99. The summed E-state index contributed by atoms with van der Waals surface area (Å²) < 4.78 is 0. The van der Waals surface area contributed by atoms with Crippen molar-refractivity contribution < 1.29 is 5.11 Å². The Hall–Kier alpha value is -1.32. The lowest BCUT2D eigenvalue weighted by molar-refractivity contribution is 0.203. The van der Waals surface area contributed by atoms with Gasteiger partial charge in [-0.3, -0.25) is 4.98 Å². The molecule has 2 rings (SSSR count). The van der Waals surface area contributed by atoms with E-state index in [1.807, 2.05) is 49.4 Å². The molecule has 88 valence electrons. The molecule has 0 spiro atoms. The molecular weight excluding hydrogens is 230 g/mol. The van der Waals surface area contributed by atoms with Gasteiger partial charge in [0.1, 0.15) is 0 Å². The molecule has 0 radical (unpaired) electrons. The van der Waals surface area contributed by atoms with Crippen molar-refractivity contribution >= 4 is 11.8 Å². The van der Waals surface area contributed by atoms with Gasteiger partial charge in [0.15, 0.2) is 0 Å². The number of rotatable bonds is 4. The van der Waals surface area contributed by atoms with Gasteiger partial charge in [-0.2, -0.15) is 0 Å². The fourth-order valence-electron chi connectivity index (χ4n) is 1.46. The fourth-order valence-corrected chi connectivity index (χ4v) is 2.36. The normalized spacial score (nSPS) is 12.4. The maximum absolute atomic E-state index is 10.0. The Morgan fingerprint density at radius 2 is 1.94 bits per heavy atom. The molecule has 0 aliphatic rings. The highest BCUT2D eigenvalue weighted by atomic mass is 32.2. The monoisotopic (exact) mass is 245 g/mol. The van der Waals surface area contributed by atoms with Crippen LogP contribution in [-0.2, 0) is 0 Å². The van der Waals surface area contributed by atoms with Crippen LogP contribution in [0.15, 0.2) is 53.6 Å². The smallest absolute Gasteiger partial charge is 0.0898 e. The number of hydrogen-bond donors (Lipinski definition) is 1. The second-order valence-corrected chi connectivity index (χ2v) is 4.97. The third-order valence-corrected chi connectivity index (χ3v) is 3.56. The molecule has 0 bridgehead atoms. The molecule has 1 aromatic heterocycles. The highest BCUT2D eigenvalue weighted by Crippen LogP contribution is 2.24. The molecule has 1 heterocycles. The van der Waals surface area contributed by atoms with Crippen molar-refractivity contribution in [3.8, 4) is 0 Å². The molecule has 0 saturated heterocycles. The number of benzene rings is 1. The van der Waals surface area contributed by atoms with Crippen molar-refractivity contribution in [1.29, 1.82) is 0 Å². The van der Waals surface area contributed by atoms with E-state index in [1.165, 1.54) is 4.90 Å². The summed E-state index contributed by atoms with van der Waals surface area (Å²) in [6, 6.07) is 13.9. The van der Waals surface area contributed by atoms with E-state index in [0.29, 0.717) is 5.75 Å². The van der Waals surface area contributed by atoms with Crippen molar-refractivity contribution in [2.75, 3.05) is 5.75 Å². The Morgan fingerprint density at radius 1 is 1.18 bits per heavy atom. The van der Waals surface area contributed by atoms with Crippen LogP contribution in [0.3, 0.4) is 0 Å². The molecule has 3 heteroatoms. The van der Waals surface area contributed by atoms with E-state index in [2.05, 4.69) is 4.98 Å². The van der Waals surface area contributed by atoms with Crippen LogP contribution in [0.4, 0.5) is 0 Å². The van der Waals surface area contributed by atoms with Crippen LogP contribution < -0.4 is 0 Å². The number of hydrogen-bond acceptors (Lipinski definition) is 3.